The Morgan fingerprint density at radius 1 is 0.968 bits per heavy atom. The van der Waals surface area contributed by atoms with Gasteiger partial charge in [0.1, 0.15) is 0 Å². The number of amides is 1. The third-order valence-corrected chi connectivity index (χ3v) is 7.65. The molecule has 0 saturated carbocycles. The summed E-state index contributed by atoms with van der Waals surface area (Å²) < 4.78 is 41.6. The summed E-state index contributed by atoms with van der Waals surface area (Å²) in [4.78, 5) is 14.6. The molecule has 31 heavy (non-hydrogen) atoms. The third-order valence-electron chi connectivity index (χ3n) is 5.37. The molecule has 3 rings (SSSR count). The van der Waals surface area contributed by atoms with Crippen LogP contribution in [-0.4, -0.2) is 58.9 Å². The maximum absolute atomic E-state index is 12.8. The molecular formula is C23H27NO6S. The van der Waals surface area contributed by atoms with Crippen LogP contribution in [-0.2, 0) is 14.6 Å². The lowest BCUT2D eigenvalue weighted by atomic mass is 10.1. The number of hydrogen-bond acceptors (Lipinski definition) is 6. The quantitative estimate of drug-likeness (QED) is 0.609. The van der Waals surface area contributed by atoms with Gasteiger partial charge in [0.05, 0.1) is 31.5 Å². The van der Waals surface area contributed by atoms with Gasteiger partial charge in [0, 0.05) is 19.2 Å². The largest absolute Gasteiger partial charge is 0.493 e. The lowest BCUT2D eigenvalue weighted by Crippen LogP contribution is -2.41. The van der Waals surface area contributed by atoms with E-state index in [0.29, 0.717) is 48.1 Å². The minimum atomic E-state index is -3.38. The van der Waals surface area contributed by atoms with Crippen LogP contribution in [0.25, 0.3) is 6.08 Å². The molecular weight excluding hydrogens is 418 g/mol. The fraction of sp³-hybridized carbons (Fsp3) is 0.348. The van der Waals surface area contributed by atoms with Gasteiger partial charge in [0.2, 0.25) is 11.7 Å². The van der Waals surface area contributed by atoms with Crippen LogP contribution in [0, 0.1) is 0 Å². The van der Waals surface area contributed by atoms with E-state index >= 15 is 0 Å². The molecule has 1 fully saturated rings. The van der Waals surface area contributed by atoms with Crippen molar-refractivity contribution in [3.63, 3.8) is 0 Å². The standard InChI is InChI=1S/C23H27NO6S/c1-28-20-15-17(16-21(29-2)23(20)30-3)9-10-22(25)24-13-11-19(12-14-24)31(26,27)18-7-5-4-6-8-18/h4-10,15-16,19H,11-14H2,1-3H3/b10-9+. The lowest BCUT2D eigenvalue weighted by molar-refractivity contribution is -0.126. The smallest absolute Gasteiger partial charge is 0.246 e. The van der Waals surface area contributed by atoms with Crippen molar-refractivity contribution in [2.75, 3.05) is 34.4 Å². The molecule has 0 aliphatic carbocycles. The van der Waals surface area contributed by atoms with Crippen molar-refractivity contribution in [2.24, 2.45) is 0 Å². The molecule has 0 radical (unpaired) electrons. The van der Waals surface area contributed by atoms with Crippen molar-refractivity contribution in [1.29, 1.82) is 0 Å². The molecule has 1 saturated heterocycles. The van der Waals surface area contributed by atoms with Crippen LogP contribution >= 0.6 is 0 Å². The number of rotatable bonds is 7. The Labute approximate surface area is 183 Å². The number of carbonyl (C=O) groups excluding carboxylic acids is 1. The van der Waals surface area contributed by atoms with Crippen molar-refractivity contribution in [3.8, 4) is 17.2 Å². The van der Waals surface area contributed by atoms with E-state index in [1.54, 1.807) is 53.4 Å². The molecule has 166 valence electrons. The number of benzene rings is 2. The molecule has 0 aromatic heterocycles. The summed E-state index contributed by atoms with van der Waals surface area (Å²) in [6.07, 6.45) is 3.99. The highest BCUT2D eigenvalue weighted by molar-refractivity contribution is 7.92. The molecule has 8 heteroatoms. The van der Waals surface area contributed by atoms with Crippen molar-refractivity contribution >= 4 is 21.8 Å². The molecule has 1 aliphatic rings. The first kappa shape index (κ1) is 22.7. The maximum atomic E-state index is 12.8. The van der Waals surface area contributed by atoms with Crippen LogP contribution in [0.3, 0.4) is 0 Å². The maximum Gasteiger partial charge on any atom is 0.246 e. The number of likely N-dealkylation sites (tertiary alicyclic amines) is 1. The van der Waals surface area contributed by atoms with Crippen molar-refractivity contribution in [3.05, 3.63) is 54.1 Å². The highest BCUT2D eigenvalue weighted by Gasteiger charge is 2.32. The third kappa shape index (κ3) is 5.02. The molecule has 0 spiro atoms. The van der Waals surface area contributed by atoms with E-state index in [2.05, 4.69) is 0 Å². The Morgan fingerprint density at radius 3 is 2.06 bits per heavy atom. The van der Waals surface area contributed by atoms with E-state index in [9.17, 15) is 13.2 Å². The Kier molecular flexibility index (Phi) is 7.22. The number of methoxy groups -OCH3 is 3. The summed E-state index contributed by atoms with van der Waals surface area (Å²) in [6.45, 7) is 0.796. The first-order chi connectivity index (χ1) is 14.9. The minimum absolute atomic E-state index is 0.163. The normalized spacial score (nSPS) is 15.1. The molecule has 2 aromatic rings. The minimum Gasteiger partial charge on any atom is -0.493 e. The van der Waals surface area contributed by atoms with Crippen LogP contribution in [0.2, 0.25) is 0 Å². The van der Waals surface area contributed by atoms with E-state index in [1.807, 2.05) is 0 Å². The summed E-state index contributed by atoms with van der Waals surface area (Å²) >= 11 is 0. The van der Waals surface area contributed by atoms with Crippen LogP contribution in [0.5, 0.6) is 17.2 Å². The summed E-state index contributed by atoms with van der Waals surface area (Å²) in [5.41, 5.74) is 0.726. The van der Waals surface area contributed by atoms with Gasteiger partial charge in [0.15, 0.2) is 21.3 Å². The van der Waals surface area contributed by atoms with Crippen molar-refractivity contribution in [1.82, 2.24) is 4.90 Å². The second kappa shape index (κ2) is 9.87. The van der Waals surface area contributed by atoms with Gasteiger partial charge in [-0.15, -0.1) is 0 Å². The first-order valence-corrected chi connectivity index (χ1v) is 11.5. The van der Waals surface area contributed by atoms with Gasteiger partial charge in [0.25, 0.3) is 0 Å². The van der Waals surface area contributed by atoms with E-state index < -0.39 is 15.1 Å². The number of sulfone groups is 1. The monoisotopic (exact) mass is 445 g/mol. The second-order valence-corrected chi connectivity index (χ2v) is 9.40. The van der Waals surface area contributed by atoms with Crippen molar-refractivity contribution in [2.45, 2.75) is 23.0 Å². The second-order valence-electron chi connectivity index (χ2n) is 7.17. The summed E-state index contributed by atoms with van der Waals surface area (Å²) in [5, 5.41) is -0.474. The highest BCUT2D eigenvalue weighted by Crippen LogP contribution is 2.38. The van der Waals surface area contributed by atoms with Gasteiger partial charge in [-0.3, -0.25) is 4.79 Å². The molecule has 0 N–H and O–H groups in total. The van der Waals surface area contributed by atoms with Gasteiger partial charge in [-0.2, -0.15) is 0 Å². The predicted octanol–water partition coefficient (Wildman–Crippen LogP) is 3.19. The van der Waals surface area contributed by atoms with Crippen LogP contribution in [0.15, 0.2) is 53.4 Å². The topological polar surface area (TPSA) is 82.1 Å². The van der Waals surface area contributed by atoms with E-state index in [-0.39, 0.29) is 5.91 Å². The first-order valence-electron chi connectivity index (χ1n) is 9.96. The summed E-state index contributed by atoms with van der Waals surface area (Å²) in [7, 11) is 1.21. The molecule has 0 unspecified atom stereocenters. The highest BCUT2D eigenvalue weighted by atomic mass is 32.2. The van der Waals surface area contributed by atoms with Crippen LogP contribution in [0.4, 0.5) is 0 Å². The number of hydrogen-bond donors (Lipinski definition) is 0. The summed E-state index contributed by atoms with van der Waals surface area (Å²) in [6, 6.07) is 12.0. The van der Waals surface area contributed by atoms with Crippen LogP contribution < -0.4 is 14.2 Å². The molecule has 7 nitrogen and oxygen atoms in total. The average molecular weight is 446 g/mol. The van der Waals surface area contributed by atoms with Crippen LogP contribution in [0.1, 0.15) is 18.4 Å². The molecule has 1 aliphatic heterocycles. The van der Waals surface area contributed by atoms with Crippen molar-refractivity contribution < 1.29 is 27.4 Å². The Bertz CT molecular complexity index is 1020. The Balaban J connectivity index is 1.66. The Hall–Kier alpha value is -3.00. The number of piperidine rings is 1. The molecule has 1 heterocycles. The number of nitrogens with zero attached hydrogens (tertiary/aromatic N) is 1. The fourth-order valence-electron chi connectivity index (χ4n) is 3.66. The summed E-state index contributed by atoms with van der Waals surface area (Å²) in [5.74, 6) is 1.32. The van der Waals surface area contributed by atoms with E-state index in [0.717, 1.165) is 5.56 Å². The predicted molar refractivity (Wildman–Crippen MR) is 118 cm³/mol. The molecule has 2 aromatic carbocycles. The zero-order valence-electron chi connectivity index (χ0n) is 17.9. The van der Waals surface area contributed by atoms with Gasteiger partial charge < -0.3 is 19.1 Å². The van der Waals surface area contributed by atoms with Gasteiger partial charge in [-0.25, -0.2) is 8.42 Å². The molecule has 0 atom stereocenters. The zero-order chi connectivity index (χ0) is 22.4. The Morgan fingerprint density at radius 2 is 1.55 bits per heavy atom. The van der Waals surface area contributed by atoms with Gasteiger partial charge in [-0.1, -0.05) is 18.2 Å². The zero-order valence-corrected chi connectivity index (χ0v) is 18.7. The average Bonchev–Trinajstić information content (AvgIpc) is 2.82. The number of carbonyl (C=O) groups is 1. The molecule has 1 amide bonds. The van der Waals surface area contributed by atoms with Gasteiger partial charge >= 0.3 is 0 Å². The van der Waals surface area contributed by atoms with Gasteiger partial charge in [-0.05, 0) is 48.7 Å². The number of ether oxygens (including phenoxy) is 3. The molecule has 0 bridgehead atoms. The lowest BCUT2D eigenvalue weighted by Gasteiger charge is -2.31. The SMILES string of the molecule is COc1cc(/C=C/C(=O)N2CCC(S(=O)(=O)c3ccccc3)CC2)cc(OC)c1OC. The van der Waals surface area contributed by atoms with E-state index in [1.165, 1.54) is 27.4 Å². The van der Waals surface area contributed by atoms with E-state index in [4.69, 9.17) is 14.2 Å². The fourth-order valence-corrected chi connectivity index (χ4v) is 5.41.